The Hall–Kier alpha value is -2.99. The number of hydrogen-bond acceptors (Lipinski definition) is 3. The first kappa shape index (κ1) is 17.4. The van der Waals surface area contributed by atoms with Crippen LogP contribution in [0.3, 0.4) is 0 Å². The van der Waals surface area contributed by atoms with Crippen LogP contribution >= 0.6 is 11.3 Å². The quantitative estimate of drug-likeness (QED) is 0.726. The second kappa shape index (κ2) is 6.96. The average molecular weight is 381 g/mol. The molecule has 1 aromatic heterocycles. The largest absolute Gasteiger partial charge is 0.481 e. The fraction of sp³-hybridized carbons (Fsp3) is 0.143. The molecule has 136 valence electrons. The molecular formula is C21H16FNO3S. The maximum atomic E-state index is 13.3. The number of aliphatic carboxylic acids is 1. The van der Waals surface area contributed by atoms with Crippen LogP contribution in [0.5, 0.6) is 0 Å². The lowest BCUT2D eigenvalue weighted by Gasteiger charge is -2.40. The highest BCUT2D eigenvalue weighted by Gasteiger charge is 2.44. The van der Waals surface area contributed by atoms with E-state index in [9.17, 15) is 19.1 Å². The average Bonchev–Trinajstić information content (AvgIpc) is 3.19. The van der Waals surface area contributed by atoms with E-state index in [-0.39, 0.29) is 18.3 Å². The number of rotatable bonds is 4. The maximum absolute atomic E-state index is 13.3. The Bertz CT molecular complexity index is 985. The fourth-order valence-electron chi connectivity index (χ4n) is 3.60. The number of amides is 1. The predicted molar refractivity (Wildman–Crippen MR) is 100 cm³/mol. The molecule has 2 heterocycles. The van der Waals surface area contributed by atoms with Gasteiger partial charge in [-0.3, -0.25) is 9.59 Å². The fourth-order valence-corrected chi connectivity index (χ4v) is 4.47. The molecule has 1 aliphatic heterocycles. The number of carboxylic acid groups (broad SMARTS) is 1. The summed E-state index contributed by atoms with van der Waals surface area (Å²) in [5.41, 5.74) is 1.68. The van der Waals surface area contributed by atoms with E-state index in [0.717, 1.165) is 10.4 Å². The van der Waals surface area contributed by atoms with Crippen molar-refractivity contribution < 1.29 is 19.1 Å². The summed E-state index contributed by atoms with van der Waals surface area (Å²) in [6.07, 6.45) is 0. The van der Waals surface area contributed by atoms with Crippen molar-refractivity contribution in [3.05, 3.63) is 93.4 Å². The zero-order chi connectivity index (χ0) is 19.0. The van der Waals surface area contributed by atoms with Gasteiger partial charge in [-0.1, -0.05) is 36.4 Å². The van der Waals surface area contributed by atoms with Crippen molar-refractivity contribution in [3.8, 4) is 0 Å². The SMILES string of the molecule is O=C(O)[C@H]1c2ccccc2C(=O)N(Cc2ccc(F)cc2)[C@@H]1c1cccs1. The molecule has 4 nitrogen and oxygen atoms in total. The zero-order valence-corrected chi connectivity index (χ0v) is 15.0. The molecule has 0 saturated carbocycles. The monoisotopic (exact) mass is 381 g/mol. The molecule has 0 radical (unpaired) electrons. The number of fused-ring (bicyclic) bond motifs is 1. The molecule has 0 bridgehead atoms. The third-order valence-corrected chi connectivity index (χ3v) is 5.75. The van der Waals surface area contributed by atoms with Crippen molar-refractivity contribution in [2.45, 2.75) is 18.5 Å². The van der Waals surface area contributed by atoms with Gasteiger partial charge in [0.25, 0.3) is 5.91 Å². The van der Waals surface area contributed by atoms with Crippen LogP contribution in [0.15, 0.2) is 66.0 Å². The Kier molecular flexibility index (Phi) is 4.49. The van der Waals surface area contributed by atoms with Crippen molar-refractivity contribution in [3.63, 3.8) is 0 Å². The highest BCUT2D eigenvalue weighted by Crippen LogP contribution is 2.44. The maximum Gasteiger partial charge on any atom is 0.313 e. The molecule has 4 rings (SSSR count). The van der Waals surface area contributed by atoms with Crippen molar-refractivity contribution in [1.82, 2.24) is 4.90 Å². The van der Waals surface area contributed by atoms with Gasteiger partial charge in [0, 0.05) is 17.0 Å². The lowest BCUT2D eigenvalue weighted by atomic mass is 9.82. The minimum Gasteiger partial charge on any atom is -0.481 e. The highest BCUT2D eigenvalue weighted by atomic mass is 32.1. The summed E-state index contributed by atoms with van der Waals surface area (Å²) in [6, 6.07) is 15.9. The van der Waals surface area contributed by atoms with E-state index in [0.29, 0.717) is 11.1 Å². The lowest BCUT2D eigenvalue weighted by molar-refractivity contribution is -0.140. The summed E-state index contributed by atoms with van der Waals surface area (Å²) in [7, 11) is 0. The van der Waals surface area contributed by atoms with E-state index in [1.807, 2.05) is 17.5 Å². The summed E-state index contributed by atoms with van der Waals surface area (Å²) in [5, 5.41) is 11.8. The van der Waals surface area contributed by atoms with Gasteiger partial charge in [-0.05, 0) is 40.8 Å². The molecule has 0 saturated heterocycles. The molecule has 0 fully saturated rings. The summed E-state index contributed by atoms with van der Waals surface area (Å²) in [4.78, 5) is 27.8. The van der Waals surface area contributed by atoms with Gasteiger partial charge in [-0.2, -0.15) is 0 Å². The van der Waals surface area contributed by atoms with Crippen molar-refractivity contribution in [1.29, 1.82) is 0 Å². The van der Waals surface area contributed by atoms with Gasteiger partial charge in [0.2, 0.25) is 0 Å². The molecule has 0 spiro atoms. The standard InChI is InChI=1S/C21H16FNO3S/c22-14-9-7-13(8-10-14)12-23-19(17-6-3-11-27-17)18(21(25)26)15-4-1-2-5-16(15)20(23)24/h1-11,18-19H,12H2,(H,25,26)/t18-,19+/m0/s1. The van der Waals surface area contributed by atoms with E-state index >= 15 is 0 Å². The molecule has 1 N–H and O–H groups in total. The normalized spacial score (nSPS) is 19.0. The van der Waals surface area contributed by atoms with Gasteiger partial charge in [0.1, 0.15) is 11.7 Å². The van der Waals surface area contributed by atoms with Gasteiger partial charge in [-0.25, -0.2) is 4.39 Å². The second-order valence-electron chi connectivity index (χ2n) is 6.42. The van der Waals surface area contributed by atoms with Gasteiger partial charge in [-0.15, -0.1) is 11.3 Å². The van der Waals surface area contributed by atoms with Crippen molar-refractivity contribution in [2.75, 3.05) is 0 Å². The Morgan fingerprint density at radius 2 is 1.81 bits per heavy atom. The topological polar surface area (TPSA) is 57.6 Å². The third-order valence-electron chi connectivity index (χ3n) is 4.81. The molecule has 2 atom stereocenters. The zero-order valence-electron chi connectivity index (χ0n) is 14.2. The minimum atomic E-state index is -0.975. The highest BCUT2D eigenvalue weighted by molar-refractivity contribution is 7.10. The summed E-state index contributed by atoms with van der Waals surface area (Å²) in [5.74, 6) is -2.41. The molecule has 0 aliphatic carbocycles. The van der Waals surface area contributed by atoms with Gasteiger partial charge in [0.15, 0.2) is 0 Å². The molecule has 1 amide bonds. The predicted octanol–water partition coefficient (Wildman–Crippen LogP) is 4.45. The Morgan fingerprint density at radius 3 is 2.48 bits per heavy atom. The molecule has 2 aromatic carbocycles. The number of halogens is 1. The van der Waals surface area contributed by atoms with Crippen LogP contribution in [0.2, 0.25) is 0 Å². The number of thiophene rings is 1. The number of carbonyl (C=O) groups is 2. The molecular weight excluding hydrogens is 365 g/mol. The second-order valence-corrected chi connectivity index (χ2v) is 7.40. The van der Waals surface area contributed by atoms with E-state index in [1.165, 1.54) is 23.5 Å². The van der Waals surface area contributed by atoms with Crippen LogP contribution in [0.1, 0.15) is 38.3 Å². The molecule has 6 heteroatoms. The van der Waals surface area contributed by atoms with Crippen LogP contribution in [0.25, 0.3) is 0 Å². The molecule has 0 unspecified atom stereocenters. The van der Waals surface area contributed by atoms with Crippen LogP contribution < -0.4 is 0 Å². The number of benzene rings is 2. The first-order valence-corrected chi connectivity index (χ1v) is 9.35. The third kappa shape index (κ3) is 3.13. The first-order chi connectivity index (χ1) is 13.1. The smallest absolute Gasteiger partial charge is 0.313 e. The lowest BCUT2D eigenvalue weighted by Crippen LogP contribution is -2.44. The minimum absolute atomic E-state index is 0.208. The Morgan fingerprint density at radius 1 is 1.07 bits per heavy atom. The van der Waals surface area contributed by atoms with Crippen LogP contribution in [-0.4, -0.2) is 21.9 Å². The number of hydrogen-bond donors (Lipinski definition) is 1. The summed E-state index contributed by atoms with van der Waals surface area (Å²) < 4.78 is 13.3. The van der Waals surface area contributed by atoms with Gasteiger partial charge >= 0.3 is 5.97 Å². The van der Waals surface area contributed by atoms with E-state index < -0.39 is 17.9 Å². The number of carbonyl (C=O) groups excluding carboxylic acids is 1. The number of nitrogens with zero attached hydrogens (tertiary/aromatic N) is 1. The molecule has 27 heavy (non-hydrogen) atoms. The van der Waals surface area contributed by atoms with Gasteiger partial charge in [0.05, 0.1) is 6.04 Å². The van der Waals surface area contributed by atoms with Crippen LogP contribution in [-0.2, 0) is 11.3 Å². The molecule has 1 aliphatic rings. The number of carboxylic acids is 1. The Balaban J connectivity index is 1.85. The summed E-state index contributed by atoms with van der Waals surface area (Å²) in [6.45, 7) is 0.208. The van der Waals surface area contributed by atoms with Gasteiger partial charge < -0.3 is 10.0 Å². The van der Waals surface area contributed by atoms with E-state index in [2.05, 4.69) is 0 Å². The van der Waals surface area contributed by atoms with Crippen molar-refractivity contribution >= 4 is 23.2 Å². The van der Waals surface area contributed by atoms with Crippen molar-refractivity contribution in [2.24, 2.45) is 0 Å². The van der Waals surface area contributed by atoms with E-state index in [4.69, 9.17) is 0 Å². The van der Waals surface area contributed by atoms with Crippen LogP contribution in [0, 0.1) is 5.82 Å². The first-order valence-electron chi connectivity index (χ1n) is 8.47. The Labute approximate surface area is 159 Å². The molecule has 3 aromatic rings. The van der Waals surface area contributed by atoms with E-state index in [1.54, 1.807) is 41.3 Å². The summed E-state index contributed by atoms with van der Waals surface area (Å²) >= 11 is 1.43. The van der Waals surface area contributed by atoms with Crippen LogP contribution in [0.4, 0.5) is 4.39 Å².